The second-order valence-corrected chi connectivity index (χ2v) is 8.11. The molecular weight excluding hydrogens is 332 g/mol. The number of aryl methyl sites for hydroxylation is 1. The summed E-state index contributed by atoms with van der Waals surface area (Å²) in [5, 5.41) is 9.50. The van der Waals surface area contributed by atoms with Crippen molar-refractivity contribution in [1.82, 2.24) is 9.80 Å². The van der Waals surface area contributed by atoms with Crippen molar-refractivity contribution in [3.8, 4) is 5.75 Å². The van der Waals surface area contributed by atoms with Crippen molar-refractivity contribution in [3.05, 3.63) is 51.7 Å². The number of methoxy groups -OCH3 is 1. The SMILES string of the molecule is COc1cccc(CN2CCN(Cc3ccc(C)s3)C[C@H]2CCO)c1. The maximum Gasteiger partial charge on any atom is 0.119 e. The summed E-state index contributed by atoms with van der Waals surface area (Å²) in [4.78, 5) is 7.83. The van der Waals surface area contributed by atoms with Crippen LogP contribution in [0.5, 0.6) is 5.75 Å². The van der Waals surface area contributed by atoms with Gasteiger partial charge in [-0.25, -0.2) is 0 Å². The van der Waals surface area contributed by atoms with Gasteiger partial charge in [-0.3, -0.25) is 9.80 Å². The van der Waals surface area contributed by atoms with Gasteiger partial charge in [-0.05, 0) is 43.2 Å². The van der Waals surface area contributed by atoms with Crippen molar-refractivity contribution in [3.63, 3.8) is 0 Å². The van der Waals surface area contributed by atoms with Crippen LogP contribution in [0.1, 0.15) is 21.7 Å². The van der Waals surface area contributed by atoms with Crippen LogP contribution >= 0.6 is 11.3 Å². The molecule has 1 aromatic carbocycles. The Hall–Kier alpha value is -1.40. The molecule has 4 nitrogen and oxygen atoms in total. The Bertz CT molecular complexity index is 673. The molecule has 1 atom stereocenters. The monoisotopic (exact) mass is 360 g/mol. The first-order chi connectivity index (χ1) is 12.2. The van der Waals surface area contributed by atoms with E-state index in [1.807, 2.05) is 23.5 Å². The van der Waals surface area contributed by atoms with Crippen molar-refractivity contribution in [1.29, 1.82) is 0 Å². The molecular formula is C20H28N2O2S. The smallest absolute Gasteiger partial charge is 0.119 e. The topological polar surface area (TPSA) is 35.9 Å². The predicted molar refractivity (Wildman–Crippen MR) is 103 cm³/mol. The first-order valence-electron chi connectivity index (χ1n) is 8.93. The summed E-state index contributed by atoms with van der Waals surface area (Å²) in [5.74, 6) is 0.905. The summed E-state index contributed by atoms with van der Waals surface area (Å²) in [6.07, 6.45) is 0.823. The fraction of sp³-hybridized carbons (Fsp3) is 0.500. The Kier molecular flexibility index (Phi) is 6.48. The van der Waals surface area contributed by atoms with E-state index in [9.17, 15) is 5.11 Å². The minimum Gasteiger partial charge on any atom is -0.497 e. The summed E-state index contributed by atoms with van der Waals surface area (Å²) < 4.78 is 5.34. The lowest BCUT2D eigenvalue weighted by Gasteiger charge is -2.41. The van der Waals surface area contributed by atoms with Crippen LogP contribution < -0.4 is 4.74 Å². The molecule has 5 heteroatoms. The van der Waals surface area contributed by atoms with Gasteiger partial charge < -0.3 is 9.84 Å². The zero-order valence-corrected chi connectivity index (χ0v) is 16.0. The highest BCUT2D eigenvalue weighted by Crippen LogP contribution is 2.22. The molecule has 0 saturated carbocycles. The number of piperazine rings is 1. The number of aliphatic hydroxyl groups excluding tert-OH is 1. The van der Waals surface area contributed by atoms with E-state index in [0.717, 1.165) is 44.9 Å². The molecule has 0 radical (unpaired) electrons. The zero-order chi connectivity index (χ0) is 17.6. The van der Waals surface area contributed by atoms with E-state index in [-0.39, 0.29) is 6.61 Å². The molecule has 2 aromatic rings. The van der Waals surface area contributed by atoms with Gasteiger partial charge in [0, 0.05) is 55.1 Å². The van der Waals surface area contributed by atoms with Crippen molar-refractivity contribution >= 4 is 11.3 Å². The molecule has 1 fully saturated rings. The summed E-state index contributed by atoms with van der Waals surface area (Å²) in [5.41, 5.74) is 1.27. The molecule has 3 rings (SSSR count). The number of nitrogens with zero attached hydrogens (tertiary/aromatic N) is 2. The van der Waals surface area contributed by atoms with Gasteiger partial charge in [-0.2, -0.15) is 0 Å². The third-order valence-electron chi connectivity index (χ3n) is 4.85. The van der Waals surface area contributed by atoms with Gasteiger partial charge in [0.1, 0.15) is 5.75 Å². The first-order valence-corrected chi connectivity index (χ1v) is 9.75. The largest absolute Gasteiger partial charge is 0.497 e. The van der Waals surface area contributed by atoms with Crippen molar-refractivity contribution in [2.75, 3.05) is 33.4 Å². The fourth-order valence-electron chi connectivity index (χ4n) is 3.53. The van der Waals surface area contributed by atoms with E-state index < -0.39 is 0 Å². The van der Waals surface area contributed by atoms with Gasteiger partial charge in [-0.1, -0.05) is 12.1 Å². The van der Waals surface area contributed by atoms with Crippen LogP contribution in [0, 0.1) is 6.92 Å². The number of benzene rings is 1. The Morgan fingerprint density at radius 3 is 2.80 bits per heavy atom. The Balaban J connectivity index is 1.62. The highest BCUT2D eigenvalue weighted by Gasteiger charge is 2.26. The van der Waals surface area contributed by atoms with Crippen LogP contribution in [0.25, 0.3) is 0 Å². The van der Waals surface area contributed by atoms with E-state index in [1.165, 1.54) is 15.3 Å². The quantitative estimate of drug-likeness (QED) is 0.823. The molecule has 0 amide bonds. The number of aliphatic hydroxyl groups is 1. The highest BCUT2D eigenvalue weighted by molar-refractivity contribution is 7.11. The van der Waals surface area contributed by atoms with Gasteiger partial charge in [0.05, 0.1) is 7.11 Å². The first kappa shape index (κ1) is 18.4. The third kappa shape index (κ3) is 5.05. The van der Waals surface area contributed by atoms with Crippen LogP contribution in [0.3, 0.4) is 0 Å². The minimum absolute atomic E-state index is 0.241. The van der Waals surface area contributed by atoms with E-state index in [0.29, 0.717) is 6.04 Å². The molecule has 25 heavy (non-hydrogen) atoms. The lowest BCUT2D eigenvalue weighted by molar-refractivity contribution is 0.0504. The molecule has 1 aliphatic heterocycles. The number of rotatable bonds is 7. The molecule has 1 N–H and O–H groups in total. The van der Waals surface area contributed by atoms with Crippen molar-refractivity contribution in [2.45, 2.75) is 32.5 Å². The molecule has 1 aromatic heterocycles. The molecule has 1 aliphatic rings. The standard InChI is InChI=1S/C20H28N2O2S/c1-16-6-7-20(25-16)15-21-9-10-22(18(14-21)8-11-23)13-17-4-3-5-19(12-17)24-2/h3-7,12,18,23H,8-11,13-15H2,1-2H3/t18-/m1/s1. The molecule has 0 aliphatic carbocycles. The Morgan fingerprint density at radius 2 is 2.08 bits per heavy atom. The summed E-state index contributed by atoms with van der Waals surface area (Å²) in [6, 6.07) is 13.1. The molecule has 0 bridgehead atoms. The Morgan fingerprint density at radius 1 is 1.20 bits per heavy atom. The fourth-order valence-corrected chi connectivity index (χ4v) is 4.46. The number of hydrogen-bond acceptors (Lipinski definition) is 5. The zero-order valence-electron chi connectivity index (χ0n) is 15.1. The van der Waals surface area contributed by atoms with Gasteiger partial charge in [0.25, 0.3) is 0 Å². The average molecular weight is 361 g/mol. The van der Waals surface area contributed by atoms with E-state index in [4.69, 9.17) is 4.74 Å². The predicted octanol–water partition coefficient (Wildman–Crippen LogP) is 3.13. The van der Waals surface area contributed by atoms with Crippen LogP contribution in [-0.4, -0.2) is 54.3 Å². The number of ether oxygens (including phenoxy) is 1. The van der Waals surface area contributed by atoms with Crippen molar-refractivity contribution < 1.29 is 9.84 Å². The van der Waals surface area contributed by atoms with Crippen molar-refractivity contribution in [2.24, 2.45) is 0 Å². The molecule has 1 saturated heterocycles. The normalized spacial score (nSPS) is 19.2. The summed E-state index contributed by atoms with van der Waals surface area (Å²) in [6.45, 7) is 7.46. The summed E-state index contributed by atoms with van der Waals surface area (Å²) in [7, 11) is 1.71. The molecule has 0 spiro atoms. The van der Waals surface area contributed by atoms with Crippen LogP contribution in [-0.2, 0) is 13.1 Å². The minimum atomic E-state index is 0.241. The van der Waals surface area contributed by atoms with Gasteiger partial charge in [0.2, 0.25) is 0 Å². The lowest BCUT2D eigenvalue weighted by Crippen LogP contribution is -2.52. The second-order valence-electron chi connectivity index (χ2n) is 6.74. The molecule has 136 valence electrons. The average Bonchev–Trinajstić information content (AvgIpc) is 3.02. The highest BCUT2D eigenvalue weighted by atomic mass is 32.1. The van der Waals surface area contributed by atoms with E-state index in [1.54, 1.807) is 7.11 Å². The van der Waals surface area contributed by atoms with Crippen LogP contribution in [0.4, 0.5) is 0 Å². The van der Waals surface area contributed by atoms with E-state index >= 15 is 0 Å². The van der Waals surface area contributed by atoms with Gasteiger partial charge >= 0.3 is 0 Å². The number of hydrogen-bond donors (Lipinski definition) is 1. The maximum atomic E-state index is 9.50. The maximum absolute atomic E-state index is 9.50. The molecule has 0 unspecified atom stereocenters. The second kappa shape index (κ2) is 8.81. The van der Waals surface area contributed by atoms with E-state index in [2.05, 4.69) is 41.0 Å². The van der Waals surface area contributed by atoms with Gasteiger partial charge in [0.15, 0.2) is 0 Å². The number of thiophene rings is 1. The lowest BCUT2D eigenvalue weighted by atomic mass is 10.1. The van der Waals surface area contributed by atoms with Crippen LogP contribution in [0.15, 0.2) is 36.4 Å². The third-order valence-corrected chi connectivity index (χ3v) is 5.83. The van der Waals surface area contributed by atoms with Crippen LogP contribution in [0.2, 0.25) is 0 Å². The van der Waals surface area contributed by atoms with Gasteiger partial charge in [-0.15, -0.1) is 11.3 Å². The Labute approximate surface area is 154 Å². The summed E-state index contributed by atoms with van der Waals surface area (Å²) >= 11 is 1.88. The molecule has 2 heterocycles.